The van der Waals surface area contributed by atoms with Gasteiger partial charge in [0.2, 0.25) is 5.91 Å². The topological polar surface area (TPSA) is 46.9 Å². The van der Waals surface area contributed by atoms with E-state index in [9.17, 15) is 18.0 Å². The van der Waals surface area contributed by atoms with Crippen molar-refractivity contribution in [2.75, 3.05) is 0 Å². The molecule has 1 aromatic rings. The van der Waals surface area contributed by atoms with Crippen LogP contribution >= 0.6 is 0 Å². The van der Waals surface area contributed by atoms with E-state index in [0.717, 1.165) is 30.0 Å². The summed E-state index contributed by atoms with van der Waals surface area (Å²) in [6.45, 7) is 1.90. The Kier molecular flexibility index (Phi) is 4.35. The summed E-state index contributed by atoms with van der Waals surface area (Å²) in [6, 6.07) is 0.991. The summed E-state index contributed by atoms with van der Waals surface area (Å²) in [5, 5.41) is 6.25. The van der Waals surface area contributed by atoms with Gasteiger partial charge in [-0.2, -0.15) is 18.3 Å². The molecule has 1 fully saturated rings. The molecule has 1 saturated carbocycles. The van der Waals surface area contributed by atoms with Crippen molar-refractivity contribution in [3.63, 3.8) is 0 Å². The van der Waals surface area contributed by atoms with Crippen molar-refractivity contribution >= 4 is 5.91 Å². The Hall–Kier alpha value is -1.53. The minimum absolute atomic E-state index is 0.119. The van der Waals surface area contributed by atoms with E-state index in [4.69, 9.17) is 0 Å². The van der Waals surface area contributed by atoms with Gasteiger partial charge in [0.05, 0.1) is 0 Å². The Balaban J connectivity index is 1.89. The van der Waals surface area contributed by atoms with Crippen molar-refractivity contribution in [2.45, 2.75) is 51.4 Å². The quantitative estimate of drug-likeness (QED) is 0.929. The van der Waals surface area contributed by atoms with Crippen LogP contribution in [0.15, 0.2) is 12.3 Å². The van der Waals surface area contributed by atoms with Gasteiger partial charge in [0.1, 0.15) is 6.54 Å². The number of hydrogen-bond acceptors (Lipinski definition) is 2. The third-order valence-corrected chi connectivity index (χ3v) is 3.69. The smallest absolute Gasteiger partial charge is 0.351 e. The van der Waals surface area contributed by atoms with Crippen LogP contribution in [0.4, 0.5) is 13.2 Å². The molecule has 2 rings (SSSR count). The lowest BCUT2D eigenvalue weighted by molar-refractivity contribution is -0.141. The molecule has 2 atom stereocenters. The molecule has 1 heterocycles. The van der Waals surface area contributed by atoms with E-state index in [1.165, 1.54) is 12.6 Å². The zero-order valence-corrected chi connectivity index (χ0v) is 11.3. The molecular formula is C13H18F3N3O. The normalized spacial score (nSPS) is 23.6. The van der Waals surface area contributed by atoms with Gasteiger partial charge in [-0.1, -0.05) is 19.8 Å². The lowest BCUT2D eigenvalue weighted by Gasteiger charge is -2.29. The minimum atomic E-state index is -4.47. The highest BCUT2D eigenvalue weighted by Gasteiger charge is 2.33. The van der Waals surface area contributed by atoms with Crippen LogP contribution in [0.3, 0.4) is 0 Å². The number of carbonyl (C=O) groups is 1. The summed E-state index contributed by atoms with van der Waals surface area (Å²) in [5.41, 5.74) is -0.976. The SMILES string of the molecule is C[C@@H]1CCCC[C@H]1NC(=O)Cn1ccc(C(F)(F)F)n1. The molecule has 1 N–H and O–H groups in total. The third-order valence-electron chi connectivity index (χ3n) is 3.69. The summed E-state index contributed by atoms with van der Waals surface area (Å²) in [6.07, 6.45) is 0.952. The molecule has 1 aliphatic carbocycles. The zero-order chi connectivity index (χ0) is 14.8. The van der Waals surface area contributed by atoms with Gasteiger partial charge in [-0.25, -0.2) is 0 Å². The predicted molar refractivity (Wildman–Crippen MR) is 66.8 cm³/mol. The lowest BCUT2D eigenvalue weighted by atomic mass is 9.86. The number of nitrogens with zero attached hydrogens (tertiary/aromatic N) is 2. The van der Waals surface area contributed by atoms with Gasteiger partial charge in [0.25, 0.3) is 0 Å². The van der Waals surface area contributed by atoms with Crippen LogP contribution in [0.1, 0.15) is 38.3 Å². The summed E-state index contributed by atoms with van der Waals surface area (Å²) in [4.78, 5) is 11.8. The molecule has 0 aromatic carbocycles. The van der Waals surface area contributed by atoms with Crippen LogP contribution in [0.2, 0.25) is 0 Å². The van der Waals surface area contributed by atoms with E-state index < -0.39 is 11.9 Å². The fourth-order valence-electron chi connectivity index (χ4n) is 2.53. The Bertz CT molecular complexity index is 470. The third kappa shape index (κ3) is 3.74. The van der Waals surface area contributed by atoms with Crippen molar-refractivity contribution in [1.29, 1.82) is 0 Å². The standard InChI is InChI=1S/C13H18F3N3O/c1-9-4-2-3-5-10(9)17-12(20)8-19-7-6-11(18-19)13(14,15)16/h6-7,9-10H,2-5,8H2,1H3,(H,17,20)/t9-,10-/m1/s1. The van der Waals surface area contributed by atoms with Crippen LogP contribution in [-0.4, -0.2) is 21.7 Å². The van der Waals surface area contributed by atoms with Gasteiger partial charge < -0.3 is 5.32 Å². The van der Waals surface area contributed by atoms with E-state index in [1.54, 1.807) is 0 Å². The number of carbonyl (C=O) groups excluding carboxylic acids is 1. The molecule has 1 amide bonds. The summed E-state index contributed by atoms with van der Waals surface area (Å²) in [7, 11) is 0. The van der Waals surface area contributed by atoms with Crippen molar-refractivity contribution in [1.82, 2.24) is 15.1 Å². The Morgan fingerprint density at radius 2 is 2.15 bits per heavy atom. The lowest BCUT2D eigenvalue weighted by Crippen LogP contribution is -2.42. The molecule has 0 spiro atoms. The number of aromatic nitrogens is 2. The first-order chi connectivity index (χ1) is 9.36. The largest absolute Gasteiger partial charge is 0.435 e. The van der Waals surface area contributed by atoms with Crippen LogP contribution < -0.4 is 5.32 Å². The van der Waals surface area contributed by atoms with Crippen molar-refractivity contribution in [2.24, 2.45) is 5.92 Å². The van der Waals surface area contributed by atoms with Crippen molar-refractivity contribution < 1.29 is 18.0 Å². The van der Waals surface area contributed by atoms with E-state index in [-0.39, 0.29) is 18.5 Å². The van der Waals surface area contributed by atoms with Gasteiger partial charge in [-0.15, -0.1) is 0 Å². The molecule has 0 aliphatic heterocycles. The van der Waals surface area contributed by atoms with E-state index >= 15 is 0 Å². The highest BCUT2D eigenvalue weighted by Crippen LogP contribution is 2.27. The zero-order valence-electron chi connectivity index (χ0n) is 11.3. The van der Waals surface area contributed by atoms with Gasteiger partial charge in [-0.3, -0.25) is 9.48 Å². The highest BCUT2D eigenvalue weighted by molar-refractivity contribution is 5.76. The Labute approximate surface area is 115 Å². The van der Waals surface area contributed by atoms with Gasteiger partial charge >= 0.3 is 6.18 Å². The average Bonchev–Trinajstić information content (AvgIpc) is 2.80. The van der Waals surface area contributed by atoms with Gasteiger partial charge in [0, 0.05) is 12.2 Å². The van der Waals surface area contributed by atoms with E-state index in [0.29, 0.717) is 5.92 Å². The summed E-state index contributed by atoms with van der Waals surface area (Å²) < 4.78 is 38.2. The van der Waals surface area contributed by atoms with E-state index in [1.807, 2.05) is 0 Å². The molecule has 7 heteroatoms. The second-order valence-corrected chi connectivity index (χ2v) is 5.33. The van der Waals surface area contributed by atoms with Crippen LogP contribution in [0.25, 0.3) is 0 Å². The maximum absolute atomic E-state index is 12.4. The maximum Gasteiger partial charge on any atom is 0.435 e. The number of alkyl halides is 3. The fraction of sp³-hybridized carbons (Fsp3) is 0.692. The monoisotopic (exact) mass is 289 g/mol. The molecule has 1 aliphatic rings. The Morgan fingerprint density at radius 3 is 2.75 bits per heavy atom. The molecule has 4 nitrogen and oxygen atoms in total. The predicted octanol–water partition coefficient (Wildman–Crippen LogP) is 2.60. The van der Waals surface area contributed by atoms with Crippen LogP contribution in [0.5, 0.6) is 0 Å². The first-order valence-corrected chi connectivity index (χ1v) is 6.76. The van der Waals surface area contributed by atoms with Gasteiger partial charge in [-0.05, 0) is 24.8 Å². The van der Waals surface area contributed by atoms with Crippen LogP contribution in [-0.2, 0) is 17.5 Å². The Morgan fingerprint density at radius 1 is 1.45 bits per heavy atom. The number of amides is 1. The maximum atomic E-state index is 12.4. The second-order valence-electron chi connectivity index (χ2n) is 5.33. The molecule has 1 aromatic heterocycles. The summed E-state index contributed by atoms with van der Waals surface area (Å²) >= 11 is 0. The highest BCUT2D eigenvalue weighted by atomic mass is 19.4. The molecule has 0 radical (unpaired) electrons. The fourth-order valence-corrected chi connectivity index (χ4v) is 2.53. The number of halogens is 3. The first kappa shape index (κ1) is 14.9. The van der Waals surface area contributed by atoms with E-state index in [2.05, 4.69) is 17.3 Å². The average molecular weight is 289 g/mol. The number of nitrogens with one attached hydrogen (secondary N) is 1. The number of hydrogen-bond donors (Lipinski definition) is 1. The molecule has 0 unspecified atom stereocenters. The van der Waals surface area contributed by atoms with Crippen molar-refractivity contribution in [3.8, 4) is 0 Å². The van der Waals surface area contributed by atoms with Crippen LogP contribution in [0, 0.1) is 5.92 Å². The first-order valence-electron chi connectivity index (χ1n) is 6.76. The van der Waals surface area contributed by atoms with Crippen molar-refractivity contribution in [3.05, 3.63) is 18.0 Å². The molecular weight excluding hydrogens is 271 g/mol. The second kappa shape index (κ2) is 5.85. The van der Waals surface area contributed by atoms with Gasteiger partial charge in [0.15, 0.2) is 5.69 Å². The molecule has 112 valence electrons. The minimum Gasteiger partial charge on any atom is -0.351 e. The molecule has 0 bridgehead atoms. The summed E-state index contributed by atoms with van der Waals surface area (Å²) in [5.74, 6) is 0.122. The number of rotatable bonds is 3. The molecule has 20 heavy (non-hydrogen) atoms. The molecule has 0 saturated heterocycles.